The van der Waals surface area contributed by atoms with Crippen LogP contribution in [0.25, 0.3) is 0 Å². The lowest BCUT2D eigenvalue weighted by Crippen LogP contribution is -2.39. The average molecular weight is 237 g/mol. The highest BCUT2D eigenvalue weighted by atomic mass is 32.2. The second-order valence-electron chi connectivity index (χ2n) is 4.05. The molecule has 0 heterocycles. The van der Waals surface area contributed by atoms with Gasteiger partial charge in [-0.15, -0.1) is 0 Å². The van der Waals surface area contributed by atoms with E-state index in [9.17, 15) is 8.42 Å². The molecule has 0 bridgehead atoms. The van der Waals surface area contributed by atoms with Gasteiger partial charge in [-0.3, -0.25) is 0 Å². The van der Waals surface area contributed by atoms with Gasteiger partial charge in [0.15, 0.2) is 0 Å². The highest BCUT2D eigenvalue weighted by Gasteiger charge is 2.21. The molecule has 0 aliphatic carbocycles. The Morgan fingerprint density at radius 2 is 1.87 bits per heavy atom. The lowest BCUT2D eigenvalue weighted by Gasteiger charge is -2.16. The number of aliphatic hydroxyl groups excluding tert-OH is 1. The number of rotatable bonds is 8. The van der Waals surface area contributed by atoms with Gasteiger partial charge in [-0.1, -0.05) is 26.2 Å². The van der Waals surface area contributed by atoms with Crippen molar-refractivity contribution in [2.75, 3.05) is 6.61 Å². The van der Waals surface area contributed by atoms with E-state index < -0.39 is 15.3 Å². The predicted molar refractivity (Wildman–Crippen MR) is 62.2 cm³/mol. The monoisotopic (exact) mass is 237 g/mol. The van der Waals surface area contributed by atoms with Crippen LogP contribution in [0.2, 0.25) is 0 Å². The lowest BCUT2D eigenvalue weighted by molar-refractivity contribution is 0.294. The Hall–Kier alpha value is -0.130. The van der Waals surface area contributed by atoms with Crippen LogP contribution in [-0.4, -0.2) is 31.4 Å². The van der Waals surface area contributed by atoms with Gasteiger partial charge in [0.2, 0.25) is 10.0 Å². The summed E-state index contributed by atoms with van der Waals surface area (Å²) in [5.41, 5.74) is 0. The molecular weight excluding hydrogens is 214 g/mol. The molecule has 0 saturated carbocycles. The molecule has 0 rings (SSSR count). The van der Waals surface area contributed by atoms with Gasteiger partial charge in [-0.2, -0.15) is 0 Å². The van der Waals surface area contributed by atoms with Crippen molar-refractivity contribution in [3.63, 3.8) is 0 Å². The average Bonchev–Trinajstić information content (AvgIpc) is 2.16. The molecule has 92 valence electrons. The van der Waals surface area contributed by atoms with Crippen LogP contribution in [0.5, 0.6) is 0 Å². The molecule has 2 atom stereocenters. The molecule has 0 aromatic rings. The quantitative estimate of drug-likeness (QED) is 0.624. The number of aliphatic hydroxyl groups is 1. The number of hydrogen-bond donors (Lipinski definition) is 2. The van der Waals surface area contributed by atoms with E-state index in [0.29, 0.717) is 0 Å². The van der Waals surface area contributed by atoms with E-state index in [0.717, 1.165) is 25.7 Å². The molecule has 0 aromatic carbocycles. The first-order valence-electron chi connectivity index (χ1n) is 5.56. The third-order valence-electron chi connectivity index (χ3n) is 2.39. The normalized spacial score (nSPS) is 16.3. The topological polar surface area (TPSA) is 66.4 Å². The van der Waals surface area contributed by atoms with Crippen molar-refractivity contribution in [2.45, 2.75) is 57.7 Å². The molecule has 0 saturated heterocycles. The number of sulfonamides is 1. The standard InChI is InChI=1S/C10H23NO3S/c1-4-5-6-7-9(2)11-15(13,14)10(3)8-12/h9-12H,4-8H2,1-3H3. The van der Waals surface area contributed by atoms with E-state index in [4.69, 9.17) is 5.11 Å². The van der Waals surface area contributed by atoms with Crippen LogP contribution in [0, 0.1) is 0 Å². The molecule has 0 aliphatic heterocycles. The maximum Gasteiger partial charge on any atom is 0.216 e. The first-order chi connectivity index (χ1) is 6.94. The van der Waals surface area contributed by atoms with Gasteiger partial charge in [-0.25, -0.2) is 13.1 Å². The molecule has 4 nitrogen and oxygen atoms in total. The largest absolute Gasteiger partial charge is 0.395 e. The Morgan fingerprint density at radius 1 is 1.27 bits per heavy atom. The molecule has 2 unspecified atom stereocenters. The predicted octanol–water partition coefficient (Wildman–Crippen LogP) is 1.26. The van der Waals surface area contributed by atoms with E-state index in [1.165, 1.54) is 6.92 Å². The van der Waals surface area contributed by atoms with Crippen molar-refractivity contribution < 1.29 is 13.5 Å². The fourth-order valence-electron chi connectivity index (χ4n) is 1.25. The van der Waals surface area contributed by atoms with Gasteiger partial charge in [-0.05, 0) is 20.3 Å². The summed E-state index contributed by atoms with van der Waals surface area (Å²) in [5, 5.41) is 8.05. The van der Waals surface area contributed by atoms with Gasteiger partial charge < -0.3 is 5.11 Å². The molecule has 0 amide bonds. The van der Waals surface area contributed by atoms with Gasteiger partial charge in [0.25, 0.3) is 0 Å². The number of unbranched alkanes of at least 4 members (excludes halogenated alkanes) is 2. The van der Waals surface area contributed by atoms with Crippen molar-refractivity contribution in [2.24, 2.45) is 0 Å². The summed E-state index contributed by atoms with van der Waals surface area (Å²) in [6.45, 7) is 5.14. The Labute approximate surface area is 93.1 Å². The van der Waals surface area contributed by atoms with Crippen LogP contribution < -0.4 is 4.72 Å². The minimum Gasteiger partial charge on any atom is -0.395 e. The molecule has 0 spiro atoms. The van der Waals surface area contributed by atoms with E-state index >= 15 is 0 Å². The van der Waals surface area contributed by atoms with E-state index in [1.807, 2.05) is 6.92 Å². The fourth-order valence-corrected chi connectivity index (χ4v) is 2.36. The number of nitrogens with one attached hydrogen (secondary N) is 1. The lowest BCUT2D eigenvalue weighted by atomic mass is 10.1. The zero-order valence-corrected chi connectivity index (χ0v) is 10.7. The van der Waals surface area contributed by atoms with Crippen LogP contribution in [0.3, 0.4) is 0 Å². The summed E-state index contributed by atoms with van der Waals surface area (Å²) in [7, 11) is -3.35. The first kappa shape index (κ1) is 14.9. The summed E-state index contributed by atoms with van der Waals surface area (Å²) in [6, 6.07) is -0.0458. The van der Waals surface area contributed by atoms with Crippen molar-refractivity contribution in [1.82, 2.24) is 4.72 Å². The molecule has 0 aliphatic rings. The van der Waals surface area contributed by atoms with Gasteiger partial charge in [0.05, 0.1) is 11.9 Å². The zero-order chi connectivity index (χ0) is 11.9. The van der Waals surface area contributed by atoms with Gasteiger partial charge >= 0.3 is 0 Å². The number of hydrogen-bond acceptors (Lipinski definition) is 3. The molecule has 0 radical (unpaired) electrons. The van der Waals surface area contributed by atoms with Crippen LogP contribution >= 0.6 is 0 Å². The van der Waals surface area contributed by atoms with Crippen molar-refractivity contribution in [3.05, 3.63) is 0 Å². The highest BCUT2D eigenvalue weighted by Crippen LogP contribution is 2.06. The van der Waals surface area contributed by atoms with Crippen molar-refractivity contribution in [3.8, 4) is 0 Å². The Balaban J connectivity index is 3.99. The second-order valence-corrected chi connectivity index (χ2v) is 6.18. The summed E-state index contributed by atoms with van der Waals surface area (Å²) >= 11 is 0. The summed E-state index contributed by atoms with van der Waals surface area (Å²) in [4.78, 5) is 0. The second kappa shape index (κ2) is 7.19. The Morgan fingerprint density at radius 3 is 2.33 bits per heavy atom. The summed E-state index contributed by atoms with van der Waals surface area (Å²) in [6.07, 6.45) is 4.15. The van der Waals surface area contributed by atoms with Crippen molar-refractivity contribution in [1.29, 1.82) is 0 Å². The minimum absolute atomic E-state index is 0.0458. The maximum atomic E-state index is 11.5. The maximum absolute atomic E-state index is 11.5. The fraction of sp³-hybridized carbons (Fsp3) is 1.00. The third-order valence-corrected chi connectivity index (χ3v) is 4.33. The first-order valence-corrected chi connectivity index (χ1v) is 7.10. The van der Waals surface area contributed by atoms with Gasteiger partial charge in [0, 0.05) is 6.04 Å². The van der Waals surface area contributed by atoms with Crippen LogP contribution in [0.15, 0.2) is 0 Å². The Bertz CT molecular complexity index is 251. The molecule has 5 heteroatoms. The molecule has 0 fully saturated rings. The molecule has 0 aromatic heterocycles. The summed E-state index contributed by atoms with van der Waals surface area (Å²) in [5.74, 6) is 0. The molecular formula is C10H23NO3S. The molecule has 15 heavy (non-hydrogen) atoms. The zero-order valence-electron chi connectivity index (χ0n) is 9.86. The SMILES string of the molecule is CCCCCC(C)NS(=O)(=O)C(C)CO. The van der Waals surface area contributed by atoms with Crippen LogP contribution in [0.4, 0.5) is 0 Å². The minimum atomic E-state index is -3.35. The molecule has 2 N–H and O–H groups in total. The summed E-state index contributed by atoms with van der Waals surface area (Å²) < 4.78 is 25.6. The highest BCUT2D eigenvalue weighted by molar-refractivity contribution is 7.90. The van der Waals surface area contributed by atoms with Crippen LogP contribution in [-0.2, 0) is 10.0 Å². The van der Waals surface area contributed by atoms with Crippen molar-refractivity contribution >= 4 is 10.0 Å². The van der Waals surface area contributed by atoms with E-state index in [1.54, 1.807) is 0 Å². The van der Waals surface area contributed by atoms with E-state index in [2.05, 4.69) is 11.6 Å². The smallest absolute Gasteiger partial charge is 0.216 e. The Kier molecular flexibility index (Phi) is 7.13. The van der Waals surface area contributed by atoms with Gasteiger partial charge in [0.1, 0.15) is 0 Å². The van der Waals surface area contributed by atoms with E-state index in [-0.39, 0.29) is 12.6 Å². The van der Waals surface area contributed by atoms with Crippen LogP contribution in [0.1, 0.15) is 46.5 Å². The third kappa shape index (κ3) is 6.12.